The number of carbonyl (C=O) groups is 1. The number of morpholine rings is 1. The van der Waals surface area contributed by atoms with Gasteiger partial charge in [-0.25, -0.2) is 0 Å². The van der Waals surface area contributed by atoms with Gasteiger partial charge in [-0.05, 0) is 40.1 Å². The lowest BCUT2D eigenvalue weighted by molar-refractivity contribution is -0.150. The Balaban J connectivity index is 1.27. The molecule has 3 aromatic carbocycles. The molecule has 3 aromatic rings. The maximum Gasteiger partial charge on any atom is 0.308 e. The number of hydrogen-bond donors (Lipinski definition) is 0. The second kappa shape index (κ2) is 9.74. The first-order valence-electron chi connectivity index (χ1n) is 10.3. The van der Waals surface area contributed by atoms with E-state index in [4.69, 9.17) is 14.2 Å². The standard InChI is InChI=1S/C25H27NO4/c1-28-23-10-9-21-13-20(7-8-22(21)14-23)18-30-25(27)15-24-17-26(11-12-29-24)16-19-5-3-2-4-6-19/h2-10,13-14,24H,11-12,15-18H2,1H3. The van der Waals surface area contributed by atoms with Crippen LogP contribution in [-0.2, 0) is 27.4 Å². The highest BCUT2D eigenvalue weighted by atomic mass is 16.5. The Labute approximate surface area is 177 Å². The van der Waals surface area contributed by atoms with E-state index in [0.717, 1.165) is 41.7 Å². The van der Waals surface area contributed by atoms with E-state index in [2.05, 4.69) is 17.0 Å². The van der Waals surface area contributed by atoms with Crippen LogP contribution in [0.3, 0.4) is 0 Å². The molecule has 4 rings (SSSR count). The Hall–Kier alpha value is -2.89. The van der Waals surface area contributed by atoms with Crippen LogP contribution in [0.25, 0.3) is 10.8 Å². The summed E-state index contributed by atoms with van der Waals surface area (Å²) in [4.78, 5) is 14.7. The van der Waals surface area contributed by atoms with Gasteiger partial charge >= 0.3 is 5.97 Å². The summed E-state index contributed by atoms with van der Waals surface area (Å²) in [7, 11) is 1.66. The molecular weight excluding hydrogens is 378 g/mol. The van der Waals surface area contributed by atoms with Crippen molar-refractivity contribution < 1.29 is 19.0 Å². The highest BCUT2D eigenvalue weighted by molar-refractivity contribution is 5.84. The normalized spacial score (nSPS) is 17.0. The van der Waals surface area contributed by atoms with Gasteiger partial charge in [-0.3, -0.25) is 9.69 Å². The highest BCUT2D eigenvalue weighted by Crippen LogP contribution is 2.22. The Morgan fingerprint density at radius 1 is 1.03 bits per heavy atom. The fourth-order valence-electron chi connectivity index (χ4n) is 3.79. The smallest absolute Gasteiger partial charge is 0.308 e. The molecule has 0 bridgehead atoms. The number of ether oxygens (including phenoxy) is 3. The maximum absolute atomic E-state index is 12.4. The summed E-state index contributed by atoms with van der Waals surface area (Å²) < 4.78 is 16.6. The zero-order chi connectivity index (χ0) is 20.8. The van der Waals surface area contributed by atoms with Crippen molar-refractivity contribution in [3.8, 4) is 5.75 Å². The summed E-state index contributed by atoms with van der Waals surface area (Å²) in [5.74, 6) is 0.604. The number of hydrogen-bond acceptors (Lipinski definition) is 5. The third-order valence-corrected chi connectivity index (χ3v) is 5.38. The molecule has 1 unspecified atom stereocenters. The molecule has 0 aromatic heterocycles. The van der Waals surface area contributed by atoms with Gasteiger partial charge in [-0.1, -0.05) is 48.5 Å². The minimum atomic E-state index is -0.226. The summed E-state index contributed by atoms with van der Waals surface area (Å²) in [5, 5.41) is 2.19. The van der Waals surface area contributed by atoms with Crippen LogP contribution in [0.2, 0.25) is 0 Å². The lowest BCUT2D eigenvalue weighted by Gasteiger charge is -2.32. The third-order valence-electron chi connectivity index (χ3n) is 5.38. The van der Waals surface area contributed by atoms with Gasteiger partial charge < -0.3 is 14.2 Å². The second-order valence-electron chi connectivity index (χ2n) is 7.63. The first-order chi connectivity index (χ1) is 14.7. The monoisotopic (exact) mass is 405 g/mol. The van der Waals surface area contributed by atoms with Crippen molar-refractivity contribution in [2.24, 2.45) is 0 Å². The number of benzene rings is 3. The fourth-order valence-corrected chi connectivity index (χ4v) is 3.79. The van der Waals surface area contributed by atoms with Gasteiger partial charge in [0.05, 0.1) is 26.2 Å². The molecule has 0 spiro atoms. The van der Waals surface area contributed by atoms with Gasteiger partial charge in [-0.15, -0.1) is 0 Å². The van der Waals surface area contributed by atoms with E-state index in [-0.39, 0.29) is 25.1 Å². The Kier molecular flexibility index (Phi) is 6.62. The molecule has 1 saturated heterocycles. The third kappa shape index (κ3) is 5.38. The topological polar surface area (TPSA) is 48.0 Å². The SMILES string of the molecule is COc1ccc2cc(COC(=O)CC3CN(Cc4ccccc4)CCO3)ccc2c1. The maximum atomic E-state index is 12.4. The average Bonchev–Trinajstić information content (AvgIpc) is 2.78. The zero-order valence-electron chi connectivity index (χ0n) is 17.3. The molecule has 1 aliphatic rings. The second-order valence-corrected chi connectivity index (χ2v) is 7.63. The largest absolute Gasteiger partial charge is 0.497 e. The van der Waals surface area contributed by atoms with Crippen molar-refractivity contribution >= 4 is 16.7 Å². The number of rotatable bonds is 7. The van der Waals surface area contributed by atoms with Crippen molar-refractivity contribution in [1.29, 1.82) is 0 Å². The van der Waals surface area contributed by atoms with Crippen LogP contribution in [0.15, 0.2) is 66.7 Å². The Morgan fingerprint density at radius 3 is 2.67 bits per heavy atom. The molecule has 30 heavy (non-hydrogen) atoms. The minimum absolute atomic E-state index is 0.126. The Bertz CT molecular complexity index is 989. The Morgan fingerprint density at radius 2 is 1.83 bits per heavy atom. The molecule has 1 aliphatic heterocycles. The summed E-state index contributed by atoms with van der Waals surface area (Å²) in [6.45, 7) is 3.39. The van der Waals surface area contributed by atoms with Gasteiger partial charge in [0.2, 0.25) is 0 Å². The van der Waals surface area contributed by atoms with E-state index in [1.807, 2.05) is 54.6 Å². The van der Waals surface area contributed by atoms with Gasteiger partial charge in [0.15, 0.2) is 0 Å². The van der Waals surface area contributed by atoms with Gasteiger partial charge in [0, 0.05) is 19.6 Å². The van der Waals surface area contributed by atoms with Crippen LogP contribution in [0, 0.1) is 0 Å². The molecule has 1 heterocycles. The van der Waals surface area contributed by atoms with Gasteiger partial charge in [-0.2, -0.15) is 0 Å². The highest BCUT2D eigenvalue weighted by Gasteiger charge is 2.23. The number of nitrogens with zero attached hydrogens (tertiary/aromatic N) is 1. The van der Waals surface area contributed by atoms with Crippen molar-refractivity contribution in [2.75, 3.05) is 26.8 Å². The van der Waals surface area contributed by atoms with E-state index < -0.39 is 0 Å². The molecule has 0 radical (unpaired) electrons. The van der Waals surface area contributed by atoms with Gasteiger partial charge in [0.1, 0.15) is 12.4 Å². The molecule has 156 valence electrons. The predicted molar refractivity (Wildman–Crippen MR) is 116 cm³/mol. The number of esters is 1. The number of carbonyl (C=O) groups excluding carboxylic acids is 1. The quantitative estimate of drug-likeness (QED) is 0.552. The van der Waals surface area contributed by atoms with Crippen molar-refractivity contribution in [3.63, 3.8) is 0 Å². The summed E-state index contributed by atoms with van der Waals surface area (Å²) >= 11 is 0. The van der Waals surface area contributed by atoms with Crippen LogP contribution in [0.5, 0.6) is 5.75 Å². The lowest BCUT2D eigenvalue weighted by atomic mass is 10.1. The van der Waals surface area contributed by atoms with E-state index >= 15 is 0 Å². The van der Waals surface area contributed by atoms with Crippen LogP contribution >= 0.6 is 0 Å². The first-order valence-corrected chi connectivity index (χ1v) is 10.3. The van der Waals surface area contributed by atoms with Crippen LogP contribution in [-0.4, -0.2) is 43.8 Å². The molecule has 0 saturated carbocycles. The summed E-state index contributed by atoms with van der Waals surface area (Å²) in [6.07, 6.45) is 0.148. The van der Waals surface area contributed by atoms with E-state index in [0.29, 0.717) is 6.61 Å². The molecule has 1 atom stereocenters. The zero-order valence-corrected chi connectivity index (χ0v) is 17.3. The molecule has 5 heteroatoms. The number of fused-ring (bicyclic) bond motifs is 1. The minimum Gasteiger partial charge on any atom is -0.497 e. The molecular formula is C25H27NO4. The molecule has 0 N–H and O–H groups in total. The van der Waals surface area contributed by atoms with Crippen molar-refractivity contribution in [3.05, 3.63) is 77.9 Å². The molecule has 0 aliphatic carbocycles. The van der Waals surface area contributed by atoms with Crippen LogP contribution in [0.1, 0.15) is 17.5 Å². The van der Waals surface area contributed by atoms with E-state index in [1.165, 1.54) is 5.56 Å². The predicted octanol–water partition coefficient (Wildman–Crippen LogP) is 4.18. The van der Waals surface area contributed by atoms with E-state index in [9.17, 15) is 4.79 Å². The molecule has 1 fully saturated rings. The van der Waals surface area contributed by atoms with Crippen LogP contribution in [0.4, 0.5) is 0 Å². The first kappa shape index (κ1) is 20.4. The van der Waals surface area contributed by atoms with E-state index in [1.54, 1.807) is 7.11 Å². The van der Waals surface area contributed by atoms with Crippen molar-refractivity contribution in [1.82, 2.24) is 4.90 Å². The molecule has 0 amide bonds. The number of methoxy groups -OCH3 is 1. The van der Waals surface area contributed by atoms with Crippen LogP contribution < -0.4 is 4.74 Å². The van der Waals surface area contributed by atoms with Crippen molar-refractivity contribution in [2.45, 2.75) is 25.7 Å². The average molecular weight is 405 g/mol. The lowest BCUT2D eigenvalue weighted by Crippen LogP contribution is -2.42. The summed E-state index contributed by atoms with van der Waals surface area (Å²) in [5.41, 5.74) is 2.24. The summed E-state index contributed by atoms with van der Waals surface area (Å²) in [6, 6.07) is 22.3. The molecule has 5 nitrogen and oxygen atoms in total. The van der Waals surface area contributed by atoms with Gasteiger partial charge in [0.25, 0.3) is 0 Å². The fraction of sp³-hybridized carbons (Fsp3) is 0.320.